The van der Waals surface area contributed by atoms with Gasteiger partial charge in [-0.05, 0) is 49.9 Å². The van der Waals surface area contributed by atoms with Crippen molar-refractivity contribution >= 4 is 0 Å². The van der Waals surface area contributed by atoms with Crippen molar-refractivity contribution in [2.45, 2.75) is 39.7 Å². The van der Waals surface area contributed by atoms with Gasteiger partial charge in [-0.15, -0.1) is 0 Å². The average molecular weight is 233 g/mol. The Morgan fingerprint density at radius 2 is 1.88 bits per heavy atom. The second-order valence-corrected chi connectivity index (χ2v) is 5.42. The summed E-state index contributed by atoms with van der Waals surface area (Å²) in [5, 5.41) is 3.54. The molecule has 0 saturated heterocycles. The number of nitrogens with one attached hydrogen (secondary N) is 1. The van der Waals surface area contributed by atoms with Gasteiger partial charge in [-0.25, -0.2) is 0 Å². The Labute approximate surface area is 104 Å². The lowest BCUT2D eigenvalue weighted by atomic mass is 10.1. The predicted octanol–water partition coefficient (Wildman–Crippen LogP) is 3.07. The van der Waals surface area contributed by atoms with Crippen molar-refractivity contribution in [2.24, 2.45) is 5.92 Å². The number of aryl methyl sites for hydroxylation is 2. The molecular formula is C15H23NO. The van der Waals surface area contributed by atoms with Gasteiger partial charge in [-0.1, -0.05) is 13.0 Å². The van der Waals surface area contributed by atoms with E-state index in [2.05, 4.69) is 44.3 Å². The first-order valence-electron chi connectivity index (χ1n) is 6.58. The van der Waals surface area contributed by atoms with Crippen LogP contribution < -0.4 is 10.1 Å². The molecule has 0 heterocycles. The Hall–Kier alpha value is -1.02. The molecule has 0 aromatic heterocycles. The van der Waals surface area contributed by atoms with E-state index in [0.29, 0.717) is 5.92 Å². The molecule has 17 heavy (non-hydrogen) atoms. The monoisotopic (exact) mass is 233 g/mol. The number of hydrogen-bond acceptors (Lipinski definition) is 2. The van der Waals surface area contributed by atoms with E-state index in [9.17, 15) is 0 Å². The van der Waals surface area contributed by atoms with Crippen LogP contribution in [0.4, 0.5) is 0 Å². The molecule has 94 valence electrons. The van der Waals surface area contributed by atoms with E-state index < -0.39 is 0 Å². The summed E-state index contributed by atoms with van der Waals surface area (Å²) < 4.78 is 5.84. The summed E-state index contributed by atoms with van der Waals surface area (Å²) in [5.41, 5.74) is 2.53. The van der Waals surface area contributed by atoms with Crippen LogP contribution in [-0.4, -0.2) is 19.2 Å². The van der Waals surface area contributed by atoms with Crippen molar-refractivity contribution in [2.75, 3.05) is 13.2 Å². The highest BCUT2D eigenvalue weighted by Gasteiger charge is 2.20. The summed E-state index contributed by atoms with van der Waals surface area (Å²) in [4.78, 5) is 0. The third-order valence-electron chi connectivity index (χ3n) is 3.06. The summed E-state index contributed by atoms with van der Waals surface area (Å²) in [7, 11) is 0. The maximum absolute atomic E-state index is 5.84. The minimum absolute atomic E-state index is 0.566. The second kappa shape index (κ2) is 5.54. The smallest absolute Gasteiger partial charge is 0.119 e. The molecular weight excluding hydrogens is 210 g/mol. The van der Waals surface area contributed by atoms with E-state index in [4.69, 9.17) is 4.74 Å². The molecule has 2 rings (SSSR count). The van der Waals surface area contributed by atoms with Gasteiger partial charge in [0.15, 0.2) is 0 Å². The third-order valence-corrected chi connectivity index (χ3v) is 3.06. The normalized spacial score (nSPS) is 16.9. The molecule has 2 heteroatoms. The average Bonchev–Trinajstić information content (AvgIpc) is 3.06. The first kappa shape index (κ1) is 12.4. The maximum atomic E-state index is 5.84. The Balaban J connectivity index is 1.75. The molecule has 0 radical (unpaired) electrons. The fraction of sp³-hybridized carbons (Fsp3) is 0.600. The molecule has 0 amide bonds. The zero-order chi connectivity index (χ0) is 12.3. The number of ether oxygens (including phenoxy) is 1. The van der Waals surface area contributed by atoms with Crippen LogP contribution in [0.1, 0.15) is 30.9 Å². The van der Waals surface area contributed by atoms with Gasteiger partial charge in [-0.3, -0.25) is 0 Å². The van der Waals surface area contributed by atoms with E-state index in [1.54, 1.807) is 0 Å². The van der Waals surface area contributed by atoms with Gasteiger partial charge in [0.2, 0.25) is 0 Å². The van der Waals surface area contributed by atoms with Crippen LogP contribution >= 0.6 is 0 Å². The molecule has 1 aromatic carbocycles. The van der Waals surface area contributed by atoms with Gasteiger partial charge in [-0.2, -0.15) is 0 Å². The fourth-order valence-electron chi connectivity index (χ4n) is 1.97. The molecule has 1 aliphatic carbocycles. The molecule has 1 saturated carbocycles. The molecule has 1 fully saturated rings. The van der Waals surface area contributed by atoms with Crippen LogP contribution in [0.25, 0.3) is 0 Å². The van der Waals surface area contributed by atoms with Crippen molar-refractivity contribution in [1.82, 2.24) is 5.32 Å². The topological polar surface area (TPSA) is 21.3 Å². The zero-order valence-electron chi connectivity index (χ0n) is 11.1. The van der Waals surface area contributed by atoms with E-state index in [1.165, 1.54) is 24.0 Å². The Bertz CT molecular complexity index is 351. The number of benzene rings is 1. The summed E-state index contributed by atoms with van der Waals surface area (Å²) in [6.07, 6.45) is 2.70. The maximum Gasteiger partial charge on any atom is 0.119 e. The molecule has 0 spiro atoms. The lowest BCUT2D eigenvalue weighted by Crippen LogP contribution is -2.26. The van der Waals surface area contributed by atoms with Gasteiger partial charge in [0.25, 0.3) is 0 Å². The van der Waals surface area contributed by atoms with E-state index in [0.717, 1.165) is 24.9 Å². The molecule has 0 aliphatic heterocycles. The van der Waals surface area contributed by atoms with Gasteiger partial charge < -0.3 is 10.1 Å². The van der Waals surface area contributed by atoms with E-state index in [1.807, 2.05) is 0 Å². The molecule has 1 aromatic rings. The van der Waals surface area contributed by atoms with Crippen LogP contribution in [0.15, 0.2) is 18.2 Å². The van der Waals surface area contributed by atoms with Crippen molar-refractivity contribution in [3.05, 3.63) is 29.3 Å². The molecule has 1 aliphatic rings. The minimum Gasteiger partial charge on any atom is -0.493 e. The van der Waals surface area contributed by atoms with Crippen molar-refractivity contribution in [1.29, 1.82) is 0 Å². The standard InChI is InChI=1S/C15H23NO/c1-11-6-12(2)8-15(7-11)17-10-13(3)9-16-14-4-5-14/h6-8,13-14,16H,4-5,9-10H2,1-3H3. The predicted molar refractivity (Wildman–Crippen MR) is 71.6 cm³/mol. The first-order chi connectivity index (χ1) is 8.13. The summed E-state index contributed by atoms with van der Waals surface area (Å²) >= 11 is 0. The first-order valence-corrected chi connectivity index (χ1v) is 6.58. The van der Waals surface area contributed by atoms with Crippen molar-refractivity contribution < 1.29 is 4.74 Å². The van der Waals surface area contributed by atoms with Gasteiger partial charge in [0.05, 0.1) is 6.61 Å². The third kappa shape index (κ3) is 4.39. The van der Waals surface area contributed by atoms with Crippen molar-refractivity contribution in [3.8, 4) is 5.75 Å². The fourth-order valence-corrected chi connectivity index (χ4v) is 1.97. The summed E-state index contributed by atoms with van der Waals surface area (Å²) in [5.74, 6) is 1.57. The second-order valence-electron chi connectivity index (χ2n) is 5.42. The van der Waals surface area contributed by atoms with Crippen LogP contribution in [0.2, 0.25) is 0 Å². The Morgan fingerprint density at radius 3 is 2.47 bits per heavy atom. The Kier molecular flexibility index (Phi) is 4.06. The van der Waals surface area contributed by atoms with Crippen LogP contribution in [0, 0.1) is 19.8 Å². The van der Waals surface area contributed by atoms with Crippen molar-refractivity contribution in [3.63, 3.8) is 0 Å². The number of rotatable bonds is 6. The summed E-state index contributed by atoms with van der Waals surface area (Å²) in [6, 6.07) is 7.17. The van der Waals surface area contributed by atoms with E-state index in [-0.39, 0.29) is 0 Å². The lowest BCUT2D eigenvalue weighted by Gasteiger charge is -2.14. The van der Waals surface area contributed by atoms with Gasteiger partial charge in [0, 0.05) is 18.5 Å². The molecule has 1 atom stereocenters. The quantitative estimate of drug-likeness (QED) is 0.815. The van der Waals surface area contributed by atoms with Crippen LogP contribution in [-0.2, 0) is 0 Å². The molecule has 1 N–H and O–H groups in total. The zero-order valence-corrected chi connectivity index (χ0v) is 11.1. The van der Waals surface area contributed by atoms with Crippen LogP contribution in [0.5, 0.6) is 5.75 Å². The SMILES string of the molecule is Cc1cc(C)cc(OCC(C)CNC2CC2)c1. The van der Waals surface area contributed by atoms with Gasteiger partial charge in [0.1, 0.15) is 5.75 Å². The highest BCUT2D eigenvalue weighted by molar-refractivity contribution is 5.32. The van der Waals surface area contributed by atoms with Gasteiger partial charge >= 0.3 is 0 Å². The van der Waals surface area contributed by atoms with Crippen LogP contribution in [0.3, 0.4) is 0 Å². The molecule has 1 unspecified atom stereocenters. The highest BCUT2D eigenvalue weighted by atomic mass is 16.5. The molecule has 0 bridgehead atoms. The molecule has 2 nitrogen and oxygen atoms in total. The Morgan fingerprint density at radius 1 is 1.24 bits per heavy atom. The highest BCUT2D eigenvalue weighted by Crippen LogP contribution is 2.19. The largest absolute Gasteiger partial charge is 0.493 e. The summed E-state index contributed by atoms with van der Waals surface area (Å²) in [6.45, 7) is 8.31. The lowest BCUT2D eigenvalue weighted by molar-refractivity contribution is 0.255. The van der Waals surface area contributed by atoms with E-state index >= 15 is 0 Å². The number of hydrogen-bond donors (Lipinski definition) is 1. The minimum atomic E-state index is 0.566.